The summed E-state index contributed by atoms with van der Waals surface area (Å²) in [6.45, 7) is 1.98. The van der Waals surface area contributed by atoms with Gasteiger partial charge in [-0.1, -0.05) is 5.16 Å². The van der Waals surface area contributed by atoms with E-state index in [1.165, 1.54) is 29.2 Å². The molecule has 1 N–H and O–H groups in total. The number of carbonyl (C=O) groups excluding carboxylic acids is 2. The van der Waals surface area contributed by atoms with Gasteiger partial charge in [-0.3, -0.25) is 14.5 Å². The number of benzene rings is 1. The Kier molecular flexibility index (Phi) is 3.62. The number of aromatic nitrogens is 1. The Labute approximate surface area is 125 Å². The van der Waals surface area contributed by atoms with E-state index in [9.17, 15) is 14.0 Å². The maximum atomic E-state index is 12.8. The van der Waals surface area contributed by atoms with E-state index in [1.807, 2.05) is 0 Å². The molecular formula is C15H14FN3O3. The lowest BCUT2D eigenvalue weighted by atomic mass is 10.1. The highest BCUT2D eigenvalue weighted by atomic mass is 19.1. The van der Waals surface area contributed by atoms with Crippen molar-refractivity contribution >= 4 is 23.3 Å². The van der Waals surface area contributed by atoms with Crippen molar-refractivity contribution in [3.05, 3.63) is 41.9 Å². The molecule has 1 fully saturated rings. The first kappa shape index (κ1) is 14.2. The fraction of sp³-hybridized carbons (Fsp3) is 0.267. The number of hydrogen-bond acceptors (Lipinski definition) is 4. The van der Waals surface area contributed by atoms with E-state index in [-0.39, 0.29) is 30.6 Å². The molecule has 2 aromatic rings. The highest BCUT2D eigenvalue weighted by Crippen LogP contribution is 2.25. The van der Waals surface area contributed by atoms with Crippen LogP contribution in [0.5, 0.6) is 0 Å². The van der Waals surface area contributed by atoms with Crippen LogP contribution in [0.1, 0.15) is 12.2 Å². The van der Waals surface area contributed by atoms with Crippen molar-refractivity contribution in [1.29, 1.82) is 0 Å². The molecule has 1 aromatic heterocycles. The molecule has 2 heterocycles. The first-order valence-corrected chi connectivity index (χ1v) is 6.83. The molecule has 0 aliphatic carbocycles. The minimum atomic E-state index is -0.477. The van der Waals surface area contributed by atoms with Gasteiger partial charge >= 0.3 is 0 Å². The Bertz CT molecular complexity index is 711. The number of nitrogens with zero attached hydrogens (tertiary/aromatic N) is 2. The van der Waals surface area contributed by atoms with Crippen molar-refractivity contribution in [3.63, 3.8) is 0 Å². The number of hydrogen-bond donors (Lipinski definition) is 1. The number of amides is 2. The zero-order valence-electron chi connectivity index (χ0n) is 11.9. The summed E-state index contributed by atoms with van der Waals surface area (Å²) in [5.74, 6) is -0.284. The van der Waals surface area contributed by atoms with Crippen LogP contribution < -0.4 is 10.2 Å². The summed E-state index contributed by atoms with van der Waals surface area (Å²) in [6, 6.07) is 7.13. The maximum Gasteiger partial charge on any atom is 0.229 e. The van der Waals surface area contributed by atoms with Gasteiger partial charge in [0.05, 0.1) is 5.92 Å². The first-order valence-electron chi connectivity index (χ1n) is 6.83. The number of halogens is 1. The fourth-order valence-corrected chi connectivity index (χ4v) is 2.36. The van der Waals surface area contributed by atoms with Gasteiger partial charge in [0.2, 0.25) is 11.8 Å². The summed E-state index contributed by atoms with van der Waals surface area (Å²) in [5.41, 5.74) is 0.495. The van der Waals surface area contributed by atoms with E-state index in [0.29, 0.717) is 17.3 Å². The second kappa shape index (κ2) is 5.59. The van der Waals surface area contributed by atoms with Crippen molar-refractivity contribution in [2.75, 3.05) is 16.8 Å². The van der Waals surface area contributed by atoms with Crippen LogP contribution in [0.15, 0.2) is 34.9 Å². The van der Waals surface area contributed by atoms with E-state index in [0.717, 1.165) is 0 Å². The summed E-state index contributed by atoms with van der Waals surface area (Å²) in [7, 11) is 0. The van der Waals surface area contributed by atoms with Gasteiger partial charge in [-0.25, -0.2) is 4.39 Å². The van der Waals surface area contributed by atoms with Crippen LogP contribution in [0.3, 0.4) is 0 Å². The summed E-state index contributed by atoms with van der Waals surface area (Å²) in [4.78, 5) is 25.6. The van der Waals surface area contributed by atoms with E-state index < -0.39 is 5.92 Å². The third-order valence-electron chi connectivity index (χ3n) is 3.50. The predicted octanol–water partition coefficient (Wildman–Crippen LogP) is 2.11. The number of nitrogens with one attached hydrogen (secondary N) is 1. The van der Waals surface area contributed by atoms with Crippen LogP contribution in [-0.2, 0) is 9.59 Å². The van der Waals surface area contributed by atoms with E-state index >= 15 is 0 Å². The molecule has 1 aliphatic heterocycles. The van der Waals surface area contributed by atoms with Gasteiger partial charge in [0, 0.05) is 24.7 Å². The van der Waals surface area contributed by atoms with E-state index in [4.69, 9.17) is 4.52 Å². The van der Waals surface area contributed by atoms with Crippen LogP contribution in [-0.4, -0.2) is 23.5 Å². The summed E-state index contributed by atoms with van der Waals surface area (Å²) < 4.78 is 17.8. The van der Waals surface area contributed by atoms with Crippen LogP contribution in [0.2, 0.25) is 0 Å². The molecule has 114 valence electrons. The molecule has 2 amide bonds. The lowest BCUT2D eigenvalue weighted by Gasteiger charge is -2.13. The molecule has 1 saturated heterocycles. The largest absolute Gasteiger partial charge is 0.360 e. The average Bonchev–Trinajstić information content (AvgIpc) is 3.07. The van der Waals surface area contributed by atoms with Crippen LogP contribution >= 0.6 is 0 Å². The Hall–Kier alpha value is -2.70. The number of anilines is 2. The molecule has 1 atom stereocenters. The van der Waals surface area contributed by atoms with Gasteiger partial charge in [-0.15, -0.1) is 0 Å². The average molecular weight is 303 g/mol. The van der Waals surface area contributed by atoms with Crippen LogP contribution in [0, 0.1) is 18.7 Å². The molecule has 0 radical (unpaired) electrons. The highest BCUT2D eigenvalue weighted by Gasteiger charge is 2.36. The van der Waals surface area contributed by atoms with E-state index in [2.05, 4.69) is 10.5 Å². The molecule has 0 bridgehead atoms. The Balaban J connectivity index is 1.67. The quantitative estimate of drug-likeness (QED) is 0.942. The normalized spacial score (nSPS) is 17.8. The van der Waals surface area contributed by atoms with Crippen molar-refractivity contribution < 1.29 is 18.5 Å². The SMILES string of the molecule is Cc1cc(N2CC(C(=O)Nc3ccc(F)cc3)CC2=O)no1. The van der Waals surface area contributed by atoms with Gasteiger partial charge in [0.15, 0.2) is 5.82 Å². The molecular weight excluding hydrogens is 289 g/mol. The Morgan fingerprint density at radius 2 is 2.14 bits per heavy atom. The Morgan fingerprint density at radius 1 is 1.41 bits per heavy atom. The summed E-state index contributed by atoms with van der Waals surface area (Å²) >= 11 is 0. The molecule has 0 spiro atoms. The minimum absolute atomic E-state index is 0.110. The van der Waals surface area contributed by atoms with Gasteiger partial charge in [-0.05, 0) is 31.2 Å². The molecule has 7 heteroatoms. The number of rotatable bonds is 3. The lowest BCUT2D eigenvalue weighted by molar-refractivity contribution is -0.122. The van der Waals surface area contributed by atoms with Crippen LogP contribution in [0.4, 0.5) is 15.9 Å². The highest BCUT2D eigenvalue weighted by molar-refractivity contribution is 6.03. The molecule has 1 aromatic carbocycles. The van der Waals surface area contributed by atoms with Crippen molar-refractivity contribution in [3.8, 4) is 0 Å². The first-order chi connectivity index (χ1) is 10.5. The third-order valence-corrected chi connectivity index (χ3v) is 3.50. The molecule has 0 saturated carbocycles. The maximum absolute atomic E-state index is 12.8. The topological polar surface area (TPSA) is 75.4 Å². The number of aryl methyl sites for hydroxylation is 1. The van der Waals surface area contributed by atoms with Crippen molar-refractivity contribution in [2.45, 2.75) is 13.3 Å². The van der Waals surface area contributed by atoms with Crippen molar-refractivity contribution in [2.24, 2.45) is 5.92 Å². The minimum Gasteiger partial charge on any atom is -0.360 e. The number of carbonyl (C=O) groups is 2. The van der Waals surface area contributed by atoms with Crippen molar-refractivity contribution in [1.82, 2.24) is 5.16 Å². The lowest BCUT2D eigenvalue weighted by Crippen LogP contribution is -2.28. The summed E-state index contributed by atoms with van der Waals surface area (Å²) in [6.07, 6.45) is 0.110. The van der Waals surface area contributed by atoms with E-state index in [1.54, 1.807) is 13.0 Å². The molecule has 6 nitrogen and oxygen atoms in total. The standard InChI is InChI=1S/C15H14FN3O3/c1-9-6-13(18-22-9)19-8-10(7-14(19)20)15(21)17-12-4-2-11(16)3-5-12/h2-6,10H,7-8H2,1H3,(H,17,21). The fourth-order valence-electron chi connectivity index (χ4n) is 2.36. The second-order valence-corrected chi connectivity index (χ2v) is 5.20. The monoisotopic (exact) mass is 303 g/mol. The summed E-state index contributed by atoms with van der Waals surface area (Å²) in [5, 5.41) is 6.47. The zero-order chi connectivity index (χ0) is 15.7. The molecule has 1 unspecified atom stereocenters. The van der Waals surface area contributed by atoms with Gasteiger partial charge < -0.3 is 9.84 Å². The van der Waals surface area contributed by atoms with Gasteiger partial charge in [0.1, 0.15) is 11.6 Å². The predicted molar refractivity (Wildman–Crippen MR) is 76.7 cm³/mol. The van der Waals surface area contributed by atoms with Crippen LogP contribution in [0.25, 0.3) is 0 Å². The third kappa shape index (κ3) is 2.83. The zero-order valence-corrected chi connectivity index (χ0v) is 11.9. The Morgan fingerprint density at radius 3 is 2.77 bits per heavy atom. The second-order valence-electron chi connectivity index (χ2n) is 5.20. The van der Waals surface area contributed by atoms with Gasteiger partial charge in [-0.2, -0.15) is 0 Å². The molecule has 1 aliphatic rings. The molecule has 22 heavy (non-hydrogen) atoms. The van der Waals surface area contributed by atoms with Gasteiger partial charge in [0.25, 0.3) is 0 Å². The molecule has 3 rings (SSSR count). The smallest absolute Gasteiger partial charge is 0.229 e.